The molecule has 2 aliphatic carbocycles. The van der Waals surface area contributed by atoms with Crippen molar-refractivity contribution in [1.29, 1.82) is 0 Å². The van der Waals surface area contributed by atoms with Crippen LogP contribution in [0.3, 0.4) is 0 Å². The Morgan fingerprint density at radius 1 is 1.16 bits per heavy atom. The van der Waals surface area contributed by atoms with Crippen molar-refractivity contribution in [2.75, 3.05) is 17.7 Å². The average Bonchev–Trinajstić information content (AvgIpc) is 3.19. The highest BCUT2D eigenvalue weighted by Gasteiger charge is 2.30. The first-order chi connectivity index (χ1) is 9.24. The predicted octanol–water partition coefficient (Wildman–Crippen LogP) is 2.62. The van der Waals surface area contributed by atoms with Gasteiger partial charge < -0.3 is 15.4 Å². The number of carbonyl (C=O) groups is 1. The quantitative estimate of drug-likeness (QED) is 0.855. The number of amides is 1. The lowest BCUT2D eigenvalue weighted by Gasteiger charge is -2.35. The van der Waals surface area contributed by atoms with Crippen LogP contribution in [0.25, 0.3) is 0 Å². The maximum atomic E-state index is 11.6. The van der Waals surface area contributed by atoms with Crippen LogP contribution in [0.1, 0.15) is 25.7 Å². The summed E-state index contributed by atoms with van der Waals surface area (Å²) in [4.78, 5) is 11.6. The summed E-state index contributed by atoms with van der Waals surface area (Å²) >= 11 is 0. The molecule has 2 aliphatic rings. The Morgan fingerprint density at radius 2 is 1.79 bits per heavy atom. The number of methoxy groups -OCH3 is 1. The highest BCUT2D eigenvalue weighted by atomic mass is 16.5. The van der Waals surface area contributed by atoms with E-state index in [1.807, 2.05) is 24.3 Å². The van der Waals surface area contributed by atoms with Crippen LogP contribution >= 0.6 is 0 Å². The highest BCUT2D eigenvalue weighted by Crippen LogP contribution is 2.30. The molecule has 3 rings (SSSR count). The van der Waals surface area contributed by atoms with Crippen LogP contribution in [0, 0.1) is 5.92 Å². The molecule has 0 heterocycles. The summed E-state index contributed by atoms with van der Waals surface area (Å²) in [6, 6.07) is 8.45. The van der Waals surface area contributed by atoms with Crippen LogP contribution in [0.15, 0.2) is 24.3 Å². The first kappa shape index (κ1) is 12.5. The second-order valence-electron chi connectivity index (χ2n) is 5.51. The zero-order valence-electron chi connectivity index (χ0n) is 11.2. The lowest BCUT2D eigenvalue weighted by molar-refractivity contribution is -0.117. The molecule has 19 heavy (non-hydrogen) atoms. The van der Waals surface area contributed by atoms with Crippen LogP contribution < -0.4 is 10.6 Å². The largest absolute Gasteiger partial charge is 0.382 e. The average molecular weight is 260 g/mol. The van der Waals surface area contributed by atoms with E-state index in [-0.39, 0.29) is 11.8 Å². The van der Waals surface area contributed by atoms with Crippen molar-refractivity contribution in [3.63, 3.8) is 0 Å². The monoisotopic (exact) mass is 260 g/mol. The van der Waals surface area contributed by atoms with Crippen LogP contribution in [0.4, 0.5) is 11.4 Å². The Morgan fingerprint density at radius 3 is 2.37 bits per heavy atom. The van der Waals surface area contributed by atoms with Gasteiger partial charge in [0.2, 0.25) is 5.91 Å². The van der Waals surface area contributed by atoms with Gasteiger partial charge in [-0.3, -0.25) is 4.79 Å². The number of ether oxygens (including phenoxy) is 1. The third kappa shape index (κ3) is 3.07. The molecule has 1 aromatic carbocycles. The van der Waals surface area contributed by atoms with Crippen molar-refractivity contribution >= 4 is 17.3 Å². The molecule has 1 amide bonds. The zero-order valence-corrected chi connectivity index (χ0v) is 11.2. The van der Waals surface area contributed by atoms with E-state index in [9.17, 15) is 4.79 Å². The molecule has 1 aromatic rings. The minimum absolute atomic E-state index is 0.155. The van der Waals surface area contributed by atoms with Crippen molar-refractivity contribution in [3.8, 4) is 0 Å². The number of anilines is 2. The van der Waals surface area contributed by atoms with Gasteiger partial charge in [-0.15, -0.1) is 0 Å². The Kier molecular flexibility index (Phi) is 3.42. The van der Waals surface area contributed by atoms with Gasteiger partial charge in [0.1, 0.15) is 0 Å². The second-order valence-corrected chi connectivity index (χ2v) is 5.51. The topological polar surface area (TPSA) is 50.4 Å². The molecule has 0 atom stereocenters. The Hall–Kier alpha value is -1.55. The van der Waals surface area contributed by atoms with Crippen molar-refractivity contribution in [3.05, 3.63) is 24.3 Å². The van der Waals surface area contributed by atoms with E-state index in [2.05, 4.69) is 10.6 Å². The third-order valence-electron chi connectivity index (χ3n) is 3.90. The van der Waals surface area contributed by atoms with Gasteiger partial charge in [0.05, 0.1) is 6.10 Å². The van der Waals surface area contributed by atoms with Gasteiger partial charge in [-0.2, -0.15) is 0 Å². The Bertz CT molecular complexity index is 448. The standard InChI is InChI=1S/C15H20N2O2/c1-19-14-8-13(9-14)16-11-4-6-12(7-5-11)17-15(18)10-2-3-10/h4-7,10,13-14,16H,2-3,8-9H2,1H3,(H,17,18). The maximum absolute atomic E-state index is 11.6. The molecule has 0 saturated heterocycles. The molecule has 2 fully saturated rings. The van der Waals surface area contributed by atoms with Gasteiger partial charge in [0, 0.05) is 30.4 Å². The van der Waals surface area contributed by atoms with Gasteiger partial charge >= 0.3 is 0 Å². The first-order valence-corrected chi connectivity index (χ1v) is 6.95. The molecule has 0 unspecified atom stereocenters. The normalized spacial score (nSPS) is 25.5. The van der Waals surface area contributed by atoms with Crippen molar-refractivity contribution in [1.82, 2.24) is 0 Å². The molecular formula is C15H20N2O2. The molecule has 4 heteroatoms. The fourth-order valence-electron chi connectivity index (χ4n) is 2.35. The van der Waals surface area contributed by atoms with Crippen molar-refractivity contribution < 1.29 is 9.53 Å². The van der Waals surface area contributed by atoms with E-state index in [1.54, 1.807) is 7.11 Å². The van der Waals surface area contributed by atoms with E-state index >= 15 is 0 Å². The van der Waals surface area contributed by atoms with Gasteiger partial charge in [-0.05, 0) is 49.9 Å². The van der Waals surface area contributed by atoms with E-state index in [1.165, 1.54) is 0 Å². The summed E-state index contributed by atoms with van der Waals surface area (Å²) in [6.07, 6.45) is 4.62. The number of hydrogen-bond acceptors (Lipinski definition) is 3. The fraction of sp³-hybridized carbons (Fsp3) is 0.533. The molecule has 2 saturated carbocycles. The number of nitrogens with one attached hydrogen (secondary N) is 2. The molecule has 102 valence electrons. The fourth-order valence-corrected chi connectivity index (χ4v) is 2.35. The van der Waals surface area contributed by atoms with Gasteiger partial charge in [-0.1, -0.05) is 0 Å². The van der Waals surface area contributed by atoms with Gasteiger partial charge in [0.25, 0.3) is 0 Å². The number of hydrogen-bond donors (Lipinski definition) is 2. The predicted molar refractivity (Wildman–Crippen MR) is 75.2 cm³/mol. The minimum Gasteiger partial charge on any atom is -0.382 e. The number of rotatable bonds is 5. The Balaban J connectivity index is 1.49. The first-order valence-electron chi connectivity index (χ1n) is 6.95. The van der Waals surface area contributed by atoms with E-state index in [0.717, 1.165) is 37.1 Å². The molecular weight excluding hydrogens is 240 g/mol. The summed E-state index contributed by atoms with van der Waals surface area (Å²) in [6.45, 7) is 0. The third-order valence-corrected chi connectivity index (χ3v) is 3.90. The van der Waals surface area contributed by atoms with E-state index in [4.69, 9.17) is 4.74 Å². The number of benzene rings is 1. The molecule has 4 nitrogen and oxygen atoms in total. The van der Waals surface area contributed by atoms with Gasteiger partial charge in [0.15, 0.2) is 0 Å². The summed E-state index contributed by atoms with van der Waals surface area (Å²) < 4.78 is 5.26. The maximum Gasteiger partial charge on any atom is 0.227 e. The van der Waals surface area contributed by atoms with Crippen molar-refractivity contribution in [2.24, 2.45) is 5.92 Å². The minimum atomic E-state index is 0.155. The molecule has 0 aromatic heterocycles. The summed E-state index contributed by atoms with van der Waals surface area (Å²) in [5.41, 5.74) is 1.98. The summed E-state index contributed by atoms with van der Waals surface area (Å²) in [7, 11) is 1.76. The molecule has 2 N–H and O–H groups in total. The zero-order chi connectivity index (χ0) is 13.2. The number of carbonyl (C=O) groups excluding carboxylic acids is 1. The van der Waals surface area contributed by atoms with Crippen LogP contribution in [-0.2, 0) is 9.53 Å². The second kappa shape index (κ2) is 5.21. The smallest absolute Gasteiger partial charge is 0.227 e. The summed E-state index contributed by atoms with van der Waals surface area (Å²) in [5, 5.41) is 6.41. The SMILES string of the molecule is COC1CC(Nc2ccc(NC(=O)C3CC3)cc2)C1. The van der Waals surface area contributed by atoms with E-state index < -0.39 is 0 Å². The van der Waals surface area contributed by atoms with Crippen LogP contribution in [0.2, 0.25) is 0 Å². The summed E-state index contributed by atoms with van der Waals surface area (Å²) in [5.74, 6) is 0.404. The highest BCUT2D eigenvalue weighted by molar-refractivity contribution is 5.94. The molecule has 0 bridgehead atoms. The molecule has 0 radical (unpaired) electrons. The Labute approximate surface area is 113 Å². The molecule has 0 spiro atoms. The lowest BCUT2D eigenvalue weighted by Crippen LogP contribution is -2.40. The van der Waals surface area contributed by atoms with Crippen LogP contribution in [-0.4, -0.2) is 25.2 Å². The van der Waals surface area contributed by atoms with E-state index in [0.29, 0.717) is 12.1 Å². The lowest BCUT2D eigenvalue weighted by atomic mass is 9.89. The molecule has 0 aliphatic heterocycles. The van der Waals surface area contributed by atoms with Gasteiger partial charge in [-0.25, -0.2) is 0 Å². The van der Waals surface area contributed by atoms with Crippen molar-refractivity contribution in [2.45, 2.75) is 37.8 Å². The van der Waals surface area contributed by atoms with Crippen LogP contribution in [0.5, 0.6) is 0 Å².